The molecule has 0 saturated heterocycles. The van der Waals surface area contributed by atoms with E-state index in [0.29, 0.717) is 0 Å². The summed E-state index contributed by atoms with van der Waals surface area (Å²) in [5.74, 6) is -1.07. The van der Waals surface area contributed by atoms with Gasteiger partial charge in [0.1, 0.15) is 5.15 Å². The molecule has 0 spiro atoms. The van der Waals surface area contributed by atoms with Gasteiger partial charge in [-0.1, -0.05) is 41.4 Å². The first-order chi connectivity index (χ1) is 11.5. The van der Waals surface area contributed by atoms with Gasteiger partial charge in [0.25, 0.3) is 5.91 Å². The molecular formula is C17H14Cl2N2O3. The van der Waals surface area contributed by atoms with Gasteiger partial charge < -0.3 is 9.64 Å². The van der Waals surface area contributed by atoms with Gasteiger partial charge >= 0.3 is 5.97 Å². The number of anilines is 1. The fourth-order valence-electron chi connectivity index (χ4n) is 2.77. The first-order valence-electron chi connectivity index (χ1n) is 7.36. The maximum atomic E-state index is 12.5. The molecular weight excluding hydrogens is 351 g/mol. The van der Waals surface area contributed by atoms with Crippen molar-refractivity contribution in [3.05, 3.63) is 57.8 Å². The average molecular weight is 365 g/mol. The summed E-state index contributed by atoms with van der Waals surface area (Å²) in [6.07, 6.45) is 0.775. The lowest BCUT2D eigenvalue weighted by Crippen LogP contribution is -2.38. The van der Waals surface area contributed by atoms with Crippen molar-refractivity contribution in [1.29, 1.82) is 0 Å². The highest BCUT2D eigenvalue weighted by atomic mass is 35.5. The highest BCUT2D eigenvalue weighted by Gasteiger charge is 2.31. The van der Waals surface area contributed by atoms with Crippen LogP contribution in [0.1, 0.15) is 23.0 Å². The van der Waals surface area contributed by atoms with E-state index in [0.717, 1.165) is 17.7 Å². The first kappa shape index (κ1) is 16.7. The summed E-state index contributed by atoms with van der Waals surface area (Å²) in [5.41, 5.74) is 1.85. The molecule has 0 aliphatic carbocycles. The van der Waals surface area contributed by atoms with Crippen molar-refractivity contribution < 1.29 is 14.3 Å². The van der Waals surface area contributed by atoms with E-state index in [4.69, 9.17) is 27.9 Å². The van der Waals surface area contributed by atoms with Crippen molar-refractivity contribution in [2.24, 2.45) is 0 Å². The van der Waals surface area contributed by atoms with Crippen LogP contribution in [0.25, 0.3) is 0 Å². The second kappa shape index (κ2) is 6.79. The van der Waals surface area contributed by atoms with Gasteiger partial charge in [0.2, 0.25) is 0 Å². The van der Waals surface area contributed by atoms with Crippen LogP contribution in [0.2, 0.25) is 10.2 Å². The number of nitrogens with zero attached hydrogens (tertiary/aromatic N) is 2. The second-order valence-corrected chi connectivity index (χ2v) is 6.28. The van der Waals surface area contributed by atoms with Crippen molar-refractivity contribution in [2.45, 2.75) is 19.4 Å². The minimum Gasteiger partial charge on any atom is -0.451 e. The van der Waals surface area contributed by atoms with Crippen LogP contribution in [0, 0.1) is 0 Å². The fourth-order valence-corrected chi connectivity index (χ4v) is 3.10. The van der Waals surface area contributed by atoms with Crippen LogP contribution in [-0.4, -0.2) is 29.5 Å². The number of ether oxygens (including phenoxy) is 1. The van der Waals surface area contributed by atoms with Crippen molar-refractivity contribution >= 4 is 40.8 Å². The Labute approximate surface area is 149 Å². The van der Waals surface area contributed by atoms with Crippen molar-refractivity contribution in [3.63, 3.8) is 0 Å². The largest absolute Gasteiger partial charge is 0.451 e. The van der Waals surface area contributed by atoms with Gasteiger partial charge in [-0.3, -0.25) is 4.79 Å². The minimum absolute atomic E-state index is 0.0153. The molecule has 24 heavy (non-hydrogen) atoms. The molecule has 1 aromatic heterocycles. The van der Waals surface area contributed by atoms with E-state index in [1.54, 1.807) is 4.90 Å². The summed E-state index contributed by atoms with van der Waals surface area (Å²) in [4.78, 5) is 30.0. The molecule has 0 N–H and O–H groups in total. The number of benzene rings is 1. The van der Waals surface area contributed by atoms with Gasteiger partial charge in [-0.25, -0.2) is 9.78 Å². The molecule has 0 unspecified atom stereocenters. The van der Waals surface area contributed by atoms with Crippen LogP contribution in [0.3, 0.4) is 0 Å². The average Bonchev–Trinajstić information content (AvgIpc) is 2.90. The Hall–Kier alpha value is -2.11. The highest BCUT2D eigenvalue weighted by molar-refractivity contribution is 6.34. The number of rotatable bonds is 3. The number of aromatic nitrogens is 1. The number of hydrogen-bond donors (Lipinski definition) is 0. The van der Waals surface area contributed by atoms with Crippen LogP contribution in [-0.2, 0) is 16.0 Å². The monoisotopic (exact) mass is 364 g/mol. The molecule has 5 nitrogen and oxygen atoms in total. The Morgan fingerprint density at radius 1 is 1.25 bits per heavy atom. The highest BCUT2D eigenvalue weighted by Crippen LogP contribution is 2.31. The molecule has 2 aromatic rings. The van der Waals surface area contributed by atoms with Crippen LogP contribution in [0.5, 0.6) is 0 Å². The number of fused-ring (bicyclic) bond motifs is 1. The van der Waals surface area contributed by atoms with Crippen molar-refractivity contribution in [1.82, 2.24) is 4.98 Å². The van der Waals surface area contributed by atoms with E-state index >= 15 is 0 Å². The van der Waals surface area contributed by atoms with E-state index in [1.807, 2.05) is 31.2 Å². The summed E-state index contributed by atoms with van der Waals surface area (Å²) in [6.45, 7) is 1.57. The third kappa shape index (κ3) is 3.23. The Kier molecular flexibility index (Phi) is 4.73. The number of para-hydroxylation sites is 1. The number of pyridine rings is 1. The number of halogens is 2. The fraction of sp³-hybridized carbons (Fsp3) is 0.235. The minimum atomic E-state index is -0.781. The number of carbonyl (C=O) groups is 2. The van der Waals surface area contributed by atoms with Gasteiger partial charge in [0, 0.05) is 11.7 Å². The molecule has 124 valence electrons. The molecule has 7 heteroatoms. The smallest absolute Gasteiger partial charge is 0.359 e. The zero-order valence-electron chi connectivity index (χ0n) is 12.8. The van der Waals surface area contributed by atoms with Gasteiger partial charge in [-0.05, 0) is 37.1 Å². The summed E-state index contributed by atoms with van der Waals surface area (Å²) < 4.78 is 5.07. The molecule has 1 amide bonds. The topological polar surface area (TPSA) is 59.5 Å². The van der Waals surface area contributed by atoms with E-state index < -0.39 is 5.97 Å². The normalized spacial score (nSPS) is 16.0. The van der Waals surface area contributed by atoms with Crippen LogP contribution < -0.4 is 4.90 Å². The van der Waals surface area contributed by atoms with E-state index in [-0.39, 0.29) is 34.4 Å². The Morgan fingerprint density at radius 3 is 2.79 bits per heavy atom. The molecule has 1 aliphatic heterocycles. The molecule has 0 saturated carbocycles. The predicted octanol–water partition coefficient (Wildman–Crippen LogP) is 3.52. The summed E-state index contributed by atoms with van der Waals surface area (Å²) in [7, 11) is 0. The quantitative estimate of drug-likeness (QED) is 0.617. The maximum absolute atomic E-state index is 12.5. The summed E-state index contributed by atoms with van der Waals surface area (Å²) >= 11 is 11.7. The third-order valence-electron chi connectivity index (χ3n) is 3.81. The number of carbonyl (C=O) groups excluding carboxylic acids is 2. The third-order valence-corrected chi connectivity index (χ3v) is 4.32. The molecule has 0 radical (unpaired) electrons. The lowest BCUT2D eigenvalue weighted by atomic mass is 10.1. The predicted molar refractivity (Wildman–Crippen MR) is 91.6 cm³/mol. The molecule has 1 aliphatic rings. The SMILES string of the molecule is C[C@H]1Cc2ccccc2N1C(=O)COC(=O)c1nc(Cl)ccc1Cl. The standard InChI is InChI=1S/C17H14Cl2N2O3/c1-10-8-11-4-2-3-5-13(11)21(10)15(22)9-24-17(23)16-12(18)6-7-14(19)20-16/h2-7,10H,8-9H2,1H3/t10-/m0/s1. The van der Waals surface area contributed by atoms with E-state index in [2.05, 4.69) is 4.98 Å². The Bertz CT molecular complexity index is 810. The van der Waals surface area contributed by atoms with Crippen LogP contribution in [0.15, 0.2) is 36.4 Å². The molecule has 3 rings (SSSR count). The van der Waals surface area contributed by atoms with Gasteiger partial charge in [0.15, 0.2) is 12.3 Å². The second-order valence-electron chi connectivity index (χ2n) is 5.49. The molecule has 0 bridgehead atoms. The van der Waals surface area contributed by atoms with Crippen LogP contribution in [0.4, 0.5) is 5.69 Å². The first-order valence-corrected chi connectivity index (χ1v) is 8.12. The van der Waals surface area contributed by atoms with Crippen LogP contribution >= 0.6 is 23.2 Å². The lowest BCUT2D eigenvalue weighted by molar-refractivity contribution is -0.122. The molecule has 1 aromatic carbocycles. The van der Waals surface area contributed by atoms with Crippen molar-refractivity contribution in [3.8, 4) is 0 Å². The van der Waals surface area contributed by atoms with E-state index in [9.17, 15) is 9.59 Å². The lowest BCUT2D eigenvalue weighted by Gasteiger charge is -2.22. The maximum Gasteiger partial charge on any atom is 0.359 e. The number of esters is 1. The molecule has 2 heterocycles. The van der Waals surface area contributed by atoms with Gasteiger partial charge in [-0.15, -0.1) is 0 Å². The molecule has 1 atom stereocenters. The van der Waals surface area contributed by atoms with Gasteiger partial charge in [0.05, 0.1) is 5.02 Å². The summed E-state index contributed by atoms with van der Waals surface area (Å²) in [5, 5.41) is 0.247. The Balaban J connectivity index is 1.70. The van der Waals surface area contributed by atoms with E-state index in [1.165, 1.54) is 12.1 Å². The number of amides is 1. The Morgan fingerprint density at radius 2 is 2.00 bits per heavy atom. The molecule has 0 fully saturated rings. The van der Waals surface area contributed by atoms with Gasteiger partial charge in [-0.2, -0.15) is 0 Å². The zero-order valence-corrected chi connectivity index (χ0v) is 14.3. The zero-order chi connectivity index (χ0) is 17.3. The van der Waals surface area contributed by atoms with Crippen molar-refractivity contribution in [2.75, 3.05) is 11.5 Å². The number of hydrogen-bond acceptors (Lipinski definition) is 4. The summed E-state index contributed by atoms with van der Waals surface area (Å²) in [6, 6.07) is 10.6.